The molecule has 0 radical (unpaired) electrons. The van der Waals surface area contributed by atoms with Gasteiger partial charge in [0.2, 0.25) is 0 Å². The molecule has 25 heavy (non-hydrogen) atoms. The molecule has 0 atom stereocenters. The summed E-state index contributed by atoms with van der Waals surface area (Å²) in [6.45, 7) is 0. The van der Waals surface area contributed by atoms with E-state index in [1.807, 2.05) is 0 Å². The Labute approximate surface area is 156 Å². The Bertz CT molecular complexity index is 891. The Morgan fingerprint density at radius 1 is 1.28 bits per heavy atom. The third-order valence-electron chi connectivity index (χ3n) is 3.00. The van der Waals surface area contributed by atoms with Crippen molar-refractivity contribution >= 4 is 50.5 Å². The number of rotatable bonds is 5. The van der Waals surface area contributed by atoms with Crippen LogP contribution in [0.25, 0.3) is 0 Å². The first kappa shape index (κ1) is 18.4. The lowest BCUT2D eigenvalue weighted by Gasteiger charge is -2.06. The van der Waals surface area contributed by atoms with Crippen LogP contribution in [0.1, 0.15) is 0 Å². The Morgan fingerprint density at radius 3 is 2.56 bits per heavy atom. The molecule has 0 heterocycles. The number of nitrogens with zero attached hydrogens (tertiary/aromatic N) is 2. The molecule has 7 nitrogen and oxygen atoms in total. The van der Waals surface area contributed by atoms with Gasteiger partial charge in [-0.15, -0.1) is 0 Å². The van der Waals surface area contributed by atoms with Gasteiger partial charge in [-0.3, -0.25) is 14.9 Å². The molecule has 1 amide bonds. The summed E-state index contributed by atoms with van der Waals surface area (Å²) in [5, 5.41) is 25.4. The fraction of sp³-hybridized carbons (Fsp3) is 0. The predicted molar refractivity (Wildman–Crippen MR) is 98.2 cm³/mol. The van der Waals surface area contributed by atoms with Gasteiger partial charge in [0.15, 0.2) is 0 Å². The molecule has 0 bridgehead atoms. The molecule has 0 unspecified atom stereocenters. The number of carbonyl (C=O) groups excluding carboxylic acids is 1. The molecule has 2 rings (SSSR count). The fourth-order valence-electron chi connectivity index (χ4n) is 1.77. The summed E-state index contributed by atoms with van der Waals surface area (Å²) in [4.78, 5) is 22.3. The van der Waals surface area contributed by atoms with E-state index in [1.165, 1.54) is 18.2 Å². The number of carbonyl (C=O) groups is 1. The van der Waals surface area contributed by atoms with E-state index in [-0.39, 0.29) is 22.0 Å². The Kier molecular flexibility index (Phi) is 6.11. The van der Waals surface area contributed by atoms with Gasteiger partial charge in [-0.05, 0) is 30.3 Å². The van der Waals surface area contributed by atoms with Gasteiger partial charge in [0, 0.05) is 28.5 Å². The second-order valence-electron chi connectivity index (χ2n) is 4.70. The fourth-order valence-corrected chi connectivity index (χ4v) is 2.20. The topological polar surface area (TPSA) is 108 Å². The zero-order chi connectivity index (χ0) is 18.4. The summed E-state index contributed by atoms with van der Waals surface area (Å²) >= 11 is 9.23. The van der Waals surface area contributed by atoms with Gasteiger partial charge in [0.05, 0.1) is 15.6 Å². The minimum atomic E-state index is -0.626. The maximum Gasteiger partial charge on any atom is 0.271 e. The smallest absolute Gasteiger partial charge is 0.271 e. The van der Waals surface area contributed by atoms with Crippen molar-refractivity contribution in [2.75, 3.05) is 10.6 Å². The molecule has 0 saturated heterocycles. The van der Waals surface area contributed by atoms with E-state index in [9.17, 15) is 14.9 Å². The van der Waals surface area contributed by atoms with Crippen LogP contribution in [0.15, 0.2) is 58.7 Å². The number of benzene rings is 2. The van der Waals surface area contributed by atoms with Crippen molar-refractivity contribution in [2.24, 2.45) is 0 Å². The van der Waals surface area contributed by atoms with Crippen LogP contribution in [-0.2, 0) is 4.79 Å². The molecule has 0 saturated carbocycles. The van der Waals surface area contributed by atoms with Crippen molar-refractivity contribution in [3.63, 3.8) is 0 Å². The highest BCUT2D eigenvalue weighted by Crippen LogP contribution is 2.26. The normalized spacial score (nSPS) is 10.7. The van der Waals surface area contributed by atoms with Crippen molar-refractivity contribution in [1.29, 1.82) is 5.26 Å². The van der Waals surface area contributed by atoms with Gasteiger partial charge >= 0.3 is 0 Å². The Hall–Kier alpha value is -2.89. The summed E-state index contributed by atoms with van der Waals surface area (Å²) in [5.74, 6) is -0.626. The number of anilines is 2. The predicted octanol–water partition coefficient (Wildman–Crippen LogP) is 4.47. The van der Waals surface area contributed by atoms with Crippen LogP contribution in [0.3, 0.4) is 0 Å². The van der Waals surface area contributed by atoms with Crippen LogP contribution in [0.2, 0.25) is 5.02 Å². The van der Waals surface area contributed by atoms with Gasteiger partial charge in [0.1, 0.15) is 11.6 Å². The quantitative estimate of drug-likeness (QED) is 0.320. The molecule has 0 spiro atoms. The van der Waals surface area contributed by atoms with Crippen LogP contribution >= 0.6 is 27.5 Å². The van der Waals surface area contributed by atoms with Gasteiger partial charge < -0.3 is 10.6 Å². The summed E-state index contributed by atoms with van der Waals surface area (Å²) in [7, 11) is 0. The second kappa shape index (κ2) is 8.28. The number of nitriles is 1. The number of nitro groups is 1. The summed E-state index contributed by atoms with van der Waals surface area (Å²) in [5.41, 5.74) is 0.339. The van der Waals surface area contributed by atoms with Crippen LogP contribution in [0.5, 0.6) is 0 Å². The maximum atomic E-state index is 12.1. The van der Waals surface area contributed by atoms with E-state index in [1.54, 1.807) is 30.3 Å². The summed E-state index contributed by atoms with van der Waals surface area (Å²) in [6.07, 6.45) is 1.14. The number of nitrogens with one attached hydrogen (secondary N) is 2. The largest absolute Gasteiger partial charge is 0.359 e. The number of nitro benzene ring substituents is 1. The number of halogens is 2. The first-order valence-electron chi connectivity index (χ1n) is 6.78. The summed E-state index contributed by atoms with van der Waals surface area (Å²) in [6, 6.07) is 12.4. The second-order valence-corrected chi connectivity index (χ2v) is 6.02. The van der Waals surface area contributed by atoms with E-state index in [0.29, 0.717) is 5.69 Å². The number of non-ortho nitro benzene ring substituents is 1. The molecule has 9 heteroatoms. The molecular formula is C16H10BrClN4O3. The SMILES string of the molecule is N#C/C(=C/Nc1cc([N+](=O)[O-])ccc1Cl)C(=O)Nc1ccc(Br)cc1. The standard InChI is InChI=1S/C16H10BrClN4O3/c17-11-1-3-12(4-2-11)21-16(23)10(8-19)9-20-15-7-13(22(24)25)5-6-14(15)18/h1-7,9,20H,(H,21,23)/b10-9-. The van der Waals surface area contributed by atoms with Crippen molar-refractivity contribution < 1.29 is 9.72 Å². The number of hydrogen-bond donors (Lipinski definition) is 2. The van der Waals surface area contributed by atoms with E-state index in [4.69, 9.17) is 16.9 Å². The van der Waals surface area contributed by atoms with Crippen LogP contribution < -0.4 is 10.6 Å². The lowest BCUT2D eigenvalue weighted by atomic mass is 10.2. The Balaban J connectivity index is 2.16. The molecule has 0 aliphatic rings. The zero-order valence-corrected chi connectivity index (χ0v) is 14.8. The number of hydrogen-bond acceptors (Lipinski definition) is 5. The monoisotopic (exact) mass is 420 g/mol. The van der Waals surface area contributed by atoms with E-state index >= 15 is 0 Å². The highest BCUT2D eigenvalue weighted by Gasteiger charge is 2.12. The van der Waals surface area contributed by atoms with Crippen molar-refractivity contribution in [1.82, 2.24) is 0 Å². The molecular weight excluding hydrogens is 412 g/mol. The minimum absolute atomic E-state index is 0.168. The summed E-state index contributed by atoms with van der Waals surface area (Å²) < 4.78 is 0.850. The van der Waals surface area contributed by atoms with Crippen LogP contribution in [0, 0.1) is 21.4 Å². The third-order valence-corrected chi connectivity index (χ3v) is 3.86. The molecule has 0 aliphatic carbocycles. The molecule has 2 N–H and O–H groups in total. The Morgan fingerprint density at radius 2 is 1.96 bits per heavy atom. The molecule has 2 aromatic rings. The van der Waals surface area contributed by atoms with Gasteiger partial charge in [-0.25, -0.2) is 0 Å². The molecule has 126 valence electrons. The lowest BCUT2D eigenvalue weighted by molar-refractivity contribution is -0.384. The van der Waals surface area contributed by atoms with Crippen molar-refractivity contribution in [3.8, 4) is 6.07 Å². The third kappa shape index (κ3) is 5.04. The maximum absolute atomic E-state index is 12.1. The average Bonchev–Trinajstić information content (AvgIpc) is 2.58. The van der Waals surface area contributed by atoms with Crippen LogP contribution in [0.4, 0.5) is 17.1 Å². The minimum Gasteiger partial charge on any atom is -0.359 e. The molecule has 2 aromatic carbocycles. The highest BCUT2D eigenvalue weighted by atomic mass is 79.9. The molecule has 0 aliphatic heterocycles. The lowest BCUT2D eigenvalue weighted by Crippen LogP contribution is -2.14. The van der Waals surface area contributed by atoms with Crippen LogP contribution in [-0.4, -0.2) is 10.8 Å². The van der Waals surface area contributed by atoms with E-state index in [2.05, 4.69) is 26.6 Å². The van der Waals surface area contributed by atoms with Gasteiger partial charge in [0.25, 0.3) is 11.6 Å². The van der Waals surface area contributed by atoms with Gasteiger partial charge in [-0.1, -0.05) is 27.5 Å². The zero-order valence-electron chi connectivity index (χ0n) is 12.5. The average molecular weight is 422 g/mol. The van der Waals surface area contributed by atoms with E-state index in [0.717, 1.165) is 10.7 Å². The van der Waals surface area contributed by atoms with Gasteiger partial charge in [-0.2, -0.15) is 5.26 Å². The van der Waals surface area contributed by atoms with Crippen molar-refractivity contribution in [2.45, 2.75) is 0 Å². The molecule has 0 aromatic heterocycles. The first-order valence-corrected chi connectivity index (χ1v) is 7.95. The molecule has 0 fully saturated rings. The first-order chi connectivity index (χ1) is 11.9. The highest BCUT2D eigenvalue weighted by molar-refractivity contribution is 9.10. The van der Waals surface area contributed by atoms with E-state index < -0.39 is 10.8 Å². The van der Waals surface area contributed by atoms with Crippen molar-refractivity contribution in [3.05, 3.63) is 73.8 Å². The number of amides is 1.